The minimum Gasteiger partial charge on any atom is -0.411 e. The van der Waals surface area contributed by atoms with Crippen molar-refractivity contribution in [3.63, 3.8) is 0 Å². The molecule has 0 aliphatic heterocycles. The number of pyridine rings is 1. The molecule has 1 aromatic heterocycles. The van der Waals surface area contributed by atoms with E-state index in [1.165, 1.54) is 11.8 Å². The number of aryl methyl sites for hydroxylation is 1. The van der Waals surface area contributed by atoms with E-state index in [0.29, 0.717) is 0 Å². The molecule has 0 saturated heterocycles. The lowest BCUT2D eigenvalue weighted by atomic mass is 10.1. The van der Waals surface area contributed by atoms with Gasteiger partial charge in [0.15, 0.2) is 0 Å². The second kappa shape index (κ2) is 4.57. The Bertz CT molecular complexity index is 504. The van der Waals surface area contributed by atoms with Gasteiger partial charge in [0.05, 0.1) is 11.9 Å². The van der Waals surface area contributed by atoms with Gasteiger partial charge in [-0.2, -0.15) is 0 Å². The fourth-order valence-corrected chi connectivity index (χ4v) is 1.50. The minimum atomic E-state index is 0.860. The van der Waals surface area contributed by atoms with Crippen LogP contribution in [0, 0.1) is 6.92 Å². The number of benzene rings is 1. The number of oxime groups is 1. The first-order valence-corrected chi connectivity index (χ1v) is 5.00. The van der Waals surface area contributed by atoms with Crippen LogP contribution in [0.5, 0.6) is 0 Å². The van der Waals surface area contributed by atoms with Crippen LogP contribution in [0.2, 0.25) is 0 Å². The molecule has 0 aliphatic carbocycles. The highest BCUT2D eigenvalue weighted by molar-refractivity contribution is 5.80. The van der Waals surface area contributed by atoms with Crippen LogP contribution in [0.15, 0.2) is 47.8 Å². The van der Waals surface area contributed by atoms with Gasteiger partial charge in [0.1, 0.15) is 0 Å². The fourth-order valence-electron chi connectivity index (χ4n) is 1.50. The molecule has 2 aromatic rings. The van der Waals surface area contributed by atoms with Crippen LogP contribution in [0.3, 0.4) is 0 Å². The lowest BCUT2D eigenvalue weighted by Crippen LogP contribution is -1.86. The second-order valence-electron chi connectivity index (χ2n) is 3.59. The maximum absolute atomic E-state index is 8.40. The van der Waals surface area contributed by atoms with Gasteiger partial charge in [-0.15, -0.1) is 0 Å². The summed E-state index contributed by atoms with van der Waals surface area (Å²) in [7, 11) is 0. The molecule has 0 saturated carbocycles. The fraction of sp³-hybridized carbons (Fsp3) is 0.0769. The number of nitrogens with zero attached hydrogens (tertiary/aromatic N) is 2. The zero-order valence-electron chi connectivity index (χ0n) is 8.96. The van der Waals surface area contributed by atoms with Crippen LogP contribution in [-0.2, 0) is 0 Å². The highest BCUT2D eigenvalue weighted by Crippen LogP contribution is 2.17. The quantitative estimate of drug-likeness (QED) is 0.472. The van der Waals surface area contributed by atoms with Gasteiger partial charge in [0, 0.05) is 11.8 Å². The van der Waals surface area contributed by atoms with E-state index < -0.39 is 0 Å². The minimum absolute atomic E-state index is 0.860. The van der Waals surface area contributed by atoms with Gasteiger partial charge in [-0.25, -0.2) is 0 Å². The predicted octanol–water partition coefficient (Wildman–Crippen LogP) is 2.87. The Labute approximate surface area is 94.1 Å². The summed E-state index contributed by atoms with van der Waals surface area (Å²) in [5.74, 6) is 0. The molecular formula is C13H12N2O. The molecule has 0 spiro atoms. The van der Waals surface area contributed by atoms with Crippen molar-refractivity contribution >= 4 is 6.21 Å². The van der Waals surface area contributed by atoms with Crippen molar-refractivity contribution in [2.24, 2.45) is 5.16 Å². The SMILES string of the molecule is Cc1ccnc(-c2ccc(C=NO)cc2)c1. The normalized spacial score (nSPS) is 10.8. The summed E-state index contributed by atoms with van der Waals surface area (Å²) in [5.41, 5.74) is 4.05. The van der Waals surface area contributed by atoms with Crippen LogP contribution in [0.1, 0.15) is 11.1 Å². The van der Waals surface area contributed by atoms with Crippen molar-refractivity contribution in [1.82, 2.24) is 4.98 Å². The first-order valence-electron chi connectivity index (χ1n) is 5.00. The highest BCUT2D eigenvalue weighted by Gasteiger charge is 1.98. The van der Waals surface area contributed by atoms with Crippen LogP contribution in [-0.4, -0.2) is 16.4 Å². The third kappa shape index (κ3) is 2.25. The Morgan fingerprint density at radius 1 is 1.19 bits per heavy atom. The largest absolute Gasteiger partial charge is 0.411 e. The molecule has 80 valence electrons. The summed E-state index contributed by atoms with van der Waals surface area (Å²) < 4.78 is 0. The molecule has 0 bridgehead atoms. The van der Waals surface area contributed by atoms with E-state index in [1.54, 1.807) is 6.20 Å². The standard InChI is InChI=1S/C13H12N2O/c1-10-6-7-14-13(8-10)12-4-2-11(3-5-12)9-15-16/h2-9,16H,1H3. The molecule has 0 fully saturated rings. The number of rotatable bonds is 2. The van der Waals surface area contributed by atoms with E-state index in [0.717, 1.165) is 16.8 Å². The highest BCUT2D eigenvalue weighted by atomic mass is 16.4. The summed E-state index contributed by atoms with van der Waals surface area (Å²) in [6, 6.07) is 11.7. The Kier molecular flexibility index (Phi) is 2.96. The molecule has 0 radical (unpaired) electrons. The van der Waals surface area contributed by atoms with Crippen LogP contribution in [0.25, 0.3) is 11.3 Å². The third-order valence-electron chi connectivity index (χ3n) is 2.33. The lowest BCUT2D eigenvalue weighted by molar-refractivity contribution is 0.322. The van der Waals surface area contributed by atoms with Crippen molar-refractivity contribution in [3.05, 3.63) is 53.7 Å². The van der Waals surface area contributed by atoms with E-state index in [1.807, 2.05) is 43.3 Å². The summed E-state index contributed by atoms with van der Waals surface area (Å²) in [6.07, 6.45) is 3.20. The molecule has 16 heavy (non-hydrogen) atoms. The van der Waals surface area contributed by atoms with Gasteiger partial charge in [-0.1, -0.05) is 29.4 Å². The van der Waals surface area contributed by atoms with Crippen molar-refractivity contribution in [3.8, 4) is 11.3 Å². The zero-order chi connectivity index (χ0) is 11.4. The van der Waals surface area contributed by atoms with E-state index >= 15 is 0 Å². The van der Waals surface area contributed by atoms with E-state index in [-0.39, 0.29) is 0 Å². The first-order chi connectivity index (χ1) is 7.79. The molecule has 3 nitrogen and oxygen atoms in total. The smallest absolute Gasteiger partial charge is 0.0733 e. The van der Waals surface area contributed by atoms with E-state index in [4.69, 9.17) is 5.21 Å². The van der Waals surface area contributed by atoms with Crippen LogP contribution < -0.4 is 0 Å². The molecular weight excluding hydrogens is 200 g/mol. The summed E-state index contributed by atoms with van der Waals surface area (Å²) in [5, 5.41) is 11.4. The molecule has 0 atom stereocenters. The average Bonchev–Trinajstić information content (AvgIpc) is 2.30. The summed E-state index contributed by atoms with van der Waals surface area (Å²) >= 11 is 0. The molecule has 2 rings (SSSR count). The van der Waals surface area contributed by atoms with Gasteiger partial charge < -0.3 is 5.21 Å². The van der Waals surface area contributed by atoms with Gasteiger partial charge in [-0.3, -0.25) is 4.98 Å². The Balaban J connectivity index is 2.34. The van der Waals surface area contributed by atoms with Gasteiger partial charge >= 0.3 is 0 Å². The van der Waals surface area contributed by atoms with Gasteiger partial charge in [0.2, 0.25) is 0 Å². The van der Waals surface area contributed by atoms with Gasteiger partial charge in [0.25, 0.3) is 0 Å². The Morgan fingerprint density at radius 3 is 2.56 bits per heavy atom. The number of hydrogen-bond donors (Lipinski definition) is 1. The molecule has 0 amide bonds. The molecule has 1 heterocycles. The Hall–Kier alpha value is -2.16. The predicted molar refractivity (Wildman–Crippen MR) is 63.8 cm³/mol. The summed E-state index contributed by atoms with van der Waals surface area (Å²) in [4.78, 5) is 4.30. The second-order valence-corrected chi connectivity index (χ2v) is 3.59. The lowest BCUT2D eigenvalue weighted by Gasteiger charge is -2.01. The van der Waals surface area contributed by atoms with Gasteiger partial charge in [-0.05, 0) is 30.2 Å². The molecule has 0 aliphatic rings. The van der Waals surface area contributed by atoms with Crippen LogP contribution in [0.4, 0.5) is 0 Å². The van der Waals surface area contributed by atoms with Crippen molar-refractivity contribution in [2.45, 2.75) is 6.92 Å². The molecule has 0 unspecified atom stereocenters. The average molecular weight is 212 g/mol. The zero-order valence-corrected chi connectivity index (χ0v) is 8.96. The van der Waals surface area contributed by atoms with E-state index in [2.05, 4.69) is 10.1 Å². The third-order valence-corrected chi connectivity index (χ3v) is 2.33. The topological polar surface area (TPSA) is 45.5 Å². The monoisotopic (exact) mass is 212 g/mol. The first kappa shape index (κ1) is 10.4. The number of hydrogen-bond acceptors (Lipinski definition) is 3. The van der Waals surface area contributed by atoms with Crippen molar-refractivity contribution in [2.75, 3.05) is 0 Å². The maximum Gasteiger partial charge on any atom is 0.0733 e. The van der Waals surface area contributed by atoms with Crippen LogP contribution >= 0.6 is 0 Å². The summed E-state index contributed by atoms with van der Waals surface area (Å²) in [6.45, 7) is 2.04. The number of aromatic nitrogens is 1. The molecule has 1 aromatic carbocycles. The van der Waals surface area contributed by atoms with Crippen molar-refractivity contribution in [1.29, 1.82) is 0 Å². The molecule has 3 heteroatoms. The Morgan fingerprint density at radius 2 is 1.94 bits per heavy atom. The van der Waals surface area contributed by atoms with E-state index in [9.17, 15) is 0 Å². The molecule has 1 N–H and O–H groups in total. The maximum atomic E-state index is 8.40. The van der Waals surface area contributed by atoms with Crippen molar-refractivity contribution < 1.29 is 5.21 Å².